The molecule has 156 valence electrons. The third-order valence-electron chi connectivity index (χ3n) is 4.05. The fraction of sp³-hybridized carbons (Fsp3) is 0.211. The van der Waals surface area contributed by atoms with Crippen molar-refractivity contribution >= 4 is 5.91 Å². The zero-order valence-corrected chi connectivity index (χ0v) is 15.6. The number of nitrogens with zero attached hydrogens (tertiary/aromatic N) is 4. The zero-order valence-electron chi connectivity index (χ0n) is 15.6. The number of pyridine rings is 2. The average molecular weight is 419 g/mol. The van der Waals surface area contributed by atoms with Crippen molar-refractivity contribution in [1.29, 1.82) is 0 Å². The highest BCUT2D eigenvalue weighted by Gasteiger charge is 2.31. The number of aliphatic hydroxyl groups excluding tert-OH is 1. The van der Waals surface area contributed by atoms with Gasteiger partial charge in [0.15, 0.2) is 0 Å². The number of rotatable bonds is 5. The molecule has 3 heterocycles. The van der Waals surface area contributed by atoms with Gasteiger partial charge in [0.25, 0.3) is 11.5 Å². The van der Waals surface area contributed by atoms with Crippen molar-refractivity contribution in [2.75, 3.05) is 6.61 Å². The largest absolute Gasteiger partial charge is 0.417 e. The van der Waals surface area contributed by atoms with E-state index in [0.29, 0.717) is 6.20 Å². The van der Waals surface area contributed by atoms with E-state index in [1.807, 2.05) is 0 Å². The minimum Gasteiger partial charge on any atom is -0.394 e. The summed E-state index contributed by atoms with van der Waals surface area (Å²) in [5, 5.41) is 15.7. The number of nitrogens with one attached hydrogen (secondary N) is 1. The second-order valence-electron chi connectivity index (χ2n) is 6.36. The number of alkyl halides is 3. The normalized spacial score (nSPS) is 12.4. The highest BCUT2D eigenvalue weighted by molar-refractivity contribution is 5.94. The van der Waals surface area contributed by atoms with Gasteiger partial charge in [0, 0.05) is 18.4 Å². The topological polar surface area (TPSA) is 110 Å². The summed E-state index contributed by atoms with van der Waals surface area (Å²) in [6, 6.07) is 5.54. The maximum Gasteiger partial charge on any atom is 0.417 e. The Bertz CT molecular complexity index is 1100. The molecule has 0 aliphatic rings. The molecular weight excluding hydrogens is 403 g/mol. The summed E-state index contributed by atoms with van der Waals surface area (Å²) >= 11 is 0. The molecule has 0 radical (unpaired) electrons. The van der Waals surface area contributed by atoms with Crippen LogP contribution in [0.3, 0.4) is 0 Å². The summed E-state index contributed by atoms with van der Waals surface area (Å²) < 4.78 is 39.3. The molecule has 0 aromatic carbocycles. The van der Waals surface area contributed by atoms with Crippen LogP contribution >= 0.6 is 0 Å². The number of carbonyl (C=O) groups excluding carboxylic acids is 1. The Balaban J connectivity index is 2.14. The maximum atomic E-state index is 12.8. The van der Waals surface area contributed by atoms with Gasteiger partial charge in [0.2, 0.25) is 0 Å². The van der Waals surface area contributed by atoms with E-state index in [4.69, 9.17) is 5.11 Å². The molecule has 8 nitrogen and oxygen atoms in total. The highest BCUT2D eigenvalue weighted by atomic mass is 19.4. The molecule has 0 spiro atoms. The van der Waals surface area contributed by atoms with Gasteiger partial charge >= 0.3 is 6.18 Å². The SMILES string of the molecule is C[C@@H](CO)NC(=O)c1cc(-c2ccc(C(F)(F)F)cn2)nn(-c2cccnc2)c1=O. The number of carbonyl (C=O) groups is 1. The first-order valence-electron chi connectivity index (χ1n) is 8.71. The van der Waals surface area contributed by atoms with Crippen molar-refractivity contribution in [2.45, 2.75) is 19.1 Å². The summed E-state index contributed by atoms with van der Waals surface area (Å²) in [5.74, 6) is -0.769. The molecule has 0 aliphatic carbocycles. The first-order valence-corrected chi connectivity index (χ1v) is 8.71. The number of halogens is 3. The maximum absolute atomic E-state index is 12.8. The molecule has 3 aromatic heterocycles. The molecule has 1 atom stereocenters. The van der Waals surface area contributed by atoms with Crippen molar-refractivity contribution in [3.05, 3.63) is 70.4 Å². The van der Waals surface area contributed by atoms with Crippen LogP contribution in [0.2, 0.25) is 0 Å². The van der Waals surface area contributed by atoms with E-state index in [1.165, 1.54) is 25.4 Å². The van der Waals surface area contributed by atoms with E-state index in [1.54, 1.807) is 6.07 Å². The predicted octanol–water partition coefficient (Wildman–Crippen LogP) is 1.82. The van der Waals surface area contributed by atoms with E-state index in [2.05, 4.69) is 20.4 Å². The fourth-order valence-electron chi connectivity index (χ4n) is 2.50. The van der Waals surface area contributed by atoms with Crippen molar-refractivity contribution in [1.82, 2.24) is 25.1 Å². The highest BCUT2D eigenvalue weighted by Crippen LogP contribution is 2.29. The minimum atomic E-state index is -4.56. The number of amides is 1. The fourth-order valence-corrected chi connectivity index (χ4v) is 2.50. The molecule has 3 aromatic rings. The van der Waals surface area contributed by atoms with Crippen LogP contribution < -0.4 is 10.9 Å². The van der Waals surface area contributed by atoms with Gasteiger partial charge in [0.05, 0.1) is 29.7 Å². The van der Waals surface area contributed by atoms with Crippen molar-refractivity contribution in [3.8, 4) is 17.1 Å². The lowest BCUT2D eigenvalue weighted by molar-refractivity contribution is -0.137. The lowest BCUT2D eigenvalue weighted by Gasteiger charge is -2.13. The van der Waals surface area contributed by atoms with E-state index in [9.17, 15) is 22.8 Å². The second-order valence-corrected chi connectivity index (χ2v) is 6.36. The Morgan fingerprint density at radius 1 is 1.23 bits per heavy atom. The third kappa shape index (κ3) is 4.51. The van der Waals surface area contributed by atoms with Gasteiger partial charge in [-0.3, -0.25) is 19.6 Å². The number of aliphatic hydroxyl groups is 1. The Morgan fingerprint density at radius 2 is 2.00 bits per heavy atom. The first-order chi connectivity index (χ1) is 14.2. The molecule has 0 fully saturated rings. The first kappa shape index (κ1) is 21.1. The van der Waals surface area contributed by atoms with Crippen LogP contribution in [-0.2, 0) is 6.18 Å². The summed E-state index contributed by atoms with van der Waals surface area (Å²) in [7, 11) is 0. The van der Waals surface area contributed by atoms with E-state index in [0.717, 1.165) is 22.9 Å². The smallest absolute Gasteiger partial charge is 0.394 e. The Labute approximate surface area is 168 Å². The lowest BCUT2D eigenvalue weighted by Crippen LogP contribution is -2.39. The van der Waals surface area contributed by atoms with Gasteiger partial charge in [-0.15, -0.1) is 0 Å². The molecule has 0 saturated heterocycles. The standard InChI is InChI=1S/C19H16F3N5O3/c1-11(10-28)25-17(29)14-7-16(15-5-4-12(8-24-15)19(20,21)22)26-27(18(14)30)13-3-2-6-23-9-13/h2-9,11,28H,10H2,1H3,(H,25,29)/t11-/m0/s1. The average Bonchev–Trinajstić information content (AvgIpc) is 2.73. The molecule has 2 N–H and O–H groups in total. The van der Waals surface area contributed by atoms with Crippen molar-refractivity contribution in [3.63, 3.8) is 0 Å². The summed E-state index contributed by atoms with van der Waals surface area (Å²) in [5.41, 5.74) is -1.73. The minimum absolute atomic E-state index is 0.00831. The molecule has 0 unspecified atom stereocenters. The van der Waals surface area contributed by atoms with Crippen LogP contribution in [0.15, 0.2) is 53.7 Å². The Kier molecular flexibility index (Phi) is 5.92. The van der Waals surface area contributed by atoms with Crippen LogP contribution in [0, 0.1) is 0 Å². The molecule has 0 aliphatic heterocycles. The molecule has 0 saturated carbocycles. The number of hydrogen-bond donors (Lipinski definition) is 2. The molecule has 11 heteroatoms. The third-order valence-corrected chi connectivity index (χ3v) is 4.05. The summed E-state index contributed by atoms with van der Waals surface area (Å²) in [4.78, 5) is 33.0. The van der Waals surface area contributed by atoms with Crippen LogP contribution in [0.5, 0.6) is 0 Å². The van der Waals surface area contributed by atoms with Crippen molar-refractivity contribution < 1.29 is 23.1 Å². The van der Waals surface area contributed by atoms with Gasteiger partial charge in [-0.05, 0) is 37.3 Å². The Hall–Kier alpha value is -3.60. The van der Waals surface area contributed by atoms with Gasteiger partial charge < -0.3 is 10.4 Å². The molecule has 0 bridgehead atoms. The van der Waals surface area contributed by atoms with Gasteiger partial charge in [-0.25, -0.2) is 0 Å². The van der Waals surface area contributed by atoms with Crippen LogP contribution in [0.4, 0.5) is 13.2 Å². The van der Waals surface area contributed by atoms with Gasteiger partial charge in [-0.2, -0.15) is 23.0 Å². The van der Waals surface area contributed by atoms with Crippen LogP contribution in [0.1, 0.15) is 22.8 Å². The number of aromatic nitrogens is 4. The molecule has 1 amide bonds. The quantitative estimate of drug-likeness (QED) is 0.653. The van der Waals surface area contributed by atoms with Gasteiger partial charge in [0.1, 0.15) is 11.3 Å². The second kappa shape index (κ2) is 8.41. The van der Waals surface area contributed by atoms with Crippen molar-refractivity contribution in [2.24, 2.45) is 0 Å². The van der Waals surface area contributed by atoms with E-state index in [-0.39, 0.29) is 29.2 Å². The number of hydrogen-bond acceptors (Lipinski definition) is 6. The molecule has 3 rings (SSSR count). The van der Waals surface area contributed by atoms with Gasteiger partial charge in [-0.1, -0.05) is 0 Å². The van der Waals surface area contributed by atoms with E-state index >= 15 is 0 Å². The lowest BCUT2D eigenvalue weighted by atomic mass is 10.1. The van der Waals surface area contributed by atoms with E-state index < -0.39 is 29.2 Å². The summed E-state index contributed by atoms with van der Waals surface area (Å²) in [6.45, 7) is 1.19. The Morgan fingerprint density at radius 3 is 2.57 bits per heavy atom. The van der Waals surface area contributed by atoms with Crippen LogP contribution in [-0.4, -0.2) is 43.4 Å². The molecule has 30 heavy (non-hydrogen) atoms. The molecular formula is C19H16F3N5O3. The van der Waals surface area contributed by atoms with Crippen LogP contribution in [0.25, 0.3) is 17.1 Å². The monoisotopic (exact) mass is 419 g/mol. The predicted molar refractivity (Wildman–Crippen MR) is 99.9 cm³/mol. The summed E-state index contributed by atoms with van der Waals surface area (Å²) in [6.07, 6.45) is -1.09. The zero-order chi connectivity index (χ0) is 21.9.